The fourth-order valence-electron chi connectivity index (χ4n) is 7.77. The molecule has 0 radical (unpaired) electrons. The predicted molar refractivity (Wildman–Crippen MR) is 312 cm³/mol. The van der Waals surface area contributed by atoms with Gasteiger partial charge in [0.1, 0.15) is 22.5 Å². The Morgan fingerprint density at radius 1 is 0.481 bits per heavy atom. The van der Waals surface area contributed by atoms with E-state index >= 15 is 0 Å². The number of benzene rings is 7. The number of ether oxygens (including phenoxy) is 2. The van der Waals surface area contributed by atoms with Crippen LogP contribution in [0.1, 0.15) is 11.1 Å². The van der Waals surface area contributed by atoms with Gasteiger partial charge < -0.3 is 34.0 Å². The van der Waals surface area contributed by atoms with Gasteiger partial charge in [0.2, 0.25) is 11.8 Å². The predicted octanol–water partition coefficient (Wildman–Crippen LogP) is 15.4. The molecule has 0 unspecified atom stereocenters. The number of aromatic hydroxyl groups is 1. The van der Waals surface area contributed by atoms with Gasteiger partial charge in [0.15, 0.2) is 28.4 Å². The quantitative estimate of drug-likeness (QED) is 0.159. The normalized spacial score (nSPS) is 11.0. The molecule has 0 saturated carbocycles. The van der Waals surface area contributed by atoms with E-state index in [4.69, 9.17) is 38.7 Å². The number of oxazole rings is 2. The number of hydrogen-bond acceptors (Lipinski definition) is 14. The van der Waals surface area contributed by atoms with Crippen LogP contribution >= 0.6 is 45.2 Å². The van der Waals surface area contributed by atoms with E-state index in [9.17, 15) is 0 Å². The van der Waals surface area contributed by atoms with Crippen LogP contribution < -0.4 is 20.1 Å². The minimum atomic E-state index is 0.0347. The molecule has 14 rings (SSSR count). The van der Waals surface area contributed by atoms with Crippen LogP contribution in [0.5, 0.6) is 28.7 Å². The second-order valence-electron chi connectivity index (χ2n) is 16.5. The fraction of sp³-hybridized carbons (Fsp3) is 0.0164. The van der Waals surface area contributed by atoms with Gasteiger partial charge in [0.25, 0.3) is 0 Å². The Morgan fingerprint density at radius 3 is 1.35 bits per heavy atom. The number of carbonyl (C=O) groups excluding carboxylic acids is 2. The van der Waals surface area contributed by atoms with Gasteiger partial charge in [-0.3, -0.25) is 15.0 Å². The molecule has 5 aromatic heterocycles. The van der Waals surface area contributed by atoms with Gasteiger partial charge >= 0.3 is 6.15 Å². The van der Waals surface area contributed by atoms with Crippen LogP contribution in [0.2, 0.25) is 0 Å². The lowest BCUT2D eigenvalue weighted by Gasteiger charge is -2.32. The summed E-state index contributed by atoms with van der Waals surface area (Å²) in [5, 5.41) is 8.73. The summed E-state index contributed by atoms with van der Waals surface area (Å²) in [6.45, 7) is 0. The third-order valence-electron chi connectivity index (χ3n) is 11.4. The Balaban J connectivity index is 0.000000128. The molecule has 16 heteroatoms. The first kappa shape index (κ1) is 52.6. The molecule has 0 atom stereocenters. The molecule has 14 nitrogen and oxygen atoms in total. The fourth-order valence-corrected chi connectivity index (χ4v) is 8.54. The van der Waals surface area contributed by atoms with Crippen molar-refractivity contribution in [2.45, 2.75) is 6.42 Å². The average Bonchev–Trinajstić information content (AvgIpc) is 4.15. The molecule has 3 N–H and O–H groups in total. The first-order valence-corrected chi connectivity index (χ1v) is 25.8. The van der Waals surface area contributed by atoms with Gasteiger partial charge in [-0.15, -0.1) is 0 Å². The van der Waals surface area contributed by atoms with Crippen LogP contribution in [-0.4, -0.2) is 36.2 Å². The van der Waals surface area contributed by atoms with Crippen molar-refractivity contribution in [2.75, 3.05) is 10.6 Å². The van der Waals surface area contributed by atoms with Crippen molar-refractivity contribution in [3.8, 4) is 51.7 Å². The molecule has 77 heavy (non-hydrogen) atoms. The zero-order valence-electron chi connectivity index (χ0n) is 40.6. The Hall–Kier alpha value is -9.23. The third kappa shape index (κ3) is 13.6. The van der Waals surface area contributed by atoms with Gasteiger partial charge in [0, 0.05) is 49.0 Å². The van der Waals surface area contributed by atoms with Crippen molar-refractivity contribution >= 4 is 96.3 Å². The molecular formula is C61H43I2N7O7. The van der Waals surface area contributed by atoms with Gasteiger partial charge in [-0.2, -0.15) is 9.59 Å². The second kappa shape index (κ2) is 25.8. The number of nitrogen functional groups attached to an aromatic ring is 1. The molecule has 2 aliphatic rings. The van der Waals surface area contributed by atoms with E-state index < -0.39 is 0 Å². The summed E-state index contributed by atoms with van der Waals surface area (Å²) in [7, 11) is 0. The van der Waals surface area contributed by atoms with Crippen LogP contribution in [0.15, 0.2) is 240 Å². The molecule has 0 amide bonds. The highest BCUT2D eigenvalue weighted by Crippen LogP contribution is 2.50. The van der Waals surface area contributed by atoms with E-state index in [-0.39, 0.29) is 11.9 Å². The molecular weight excluding hydrogens is 1200 g/mol. The van der Waals surface area contributed by atoms with Gasteiger partial charge in [-0.05, 0) is 172 Å². The molecule has 0 fully saturated rings. The minimum Gasteiger partial charge on any atom is -0.504 e. The number of rotatable bonds is 3. The number of aromatic nitrogens is 5. The molecule has 12 aromatic rings. The van der Waals surface area contributed by atoms with Crippen molar-refractivity contribution < 1.29 is 33.0 Å². The van der Waals surface area contributed by atoms with E-state index in [2.05, 4.69) is 136 Å². The average molecular weight is 1240 g/mol. The molecule has 7 heterocycles. The Labute approximate surface area is 469 Å². The number of halogens is 2. The van der Waals surface area contributed by atoms with Crippen LogP contribution in [0.3, 0.4) is 0 Å². The van der Waals surface area contributed by atoms with Crippen LogP contribution in [0.25, 0.3) is 45.1 Å². The summed E-state index contributed by atoms with van der Waals surface area (Å²) in [5.41, 5.74) is 16.1. The SMILES string of the molecule is Ic1ccc(-c2nc3ccncc3o2)cc1.Ic1ccccc1.Nc1ccncc1O.O=C=O.c1ccc2c(c1)Cc1ccccc1O2.c1ccc2c(c1)Oc1ccccc1N2c1ccc(-c2nc3ccncc3o2)cc1. The monoisotopic (exact) mass is 1240 g/mol. The highest BCUT2D eigenvalue weighted by molar-refractivity contribution is 14.1. The largest absolute Gasteiger partial charge is 0.504 e. The lowest BCUT2D eigenvalue weighted by atomic mass is 10.0. The second-order valence-corrected chi connectivity index (χ2v) is 19.0. The number of nitrogens with two attached hydrogens (primary N) is 1. The maximum Gasteiger partial charge on any atom is 0.373 e. The molecule has 0 spiro atoms. The number of nitrogens with zero attached hydrogens (tertiary/aromatic N) is 6. The third-order valence-corrected chi connectivity index (χ3v) is 12.8. The smallest absolute Gasteiger partial charge is 0.373 e. The summed E-state index contributed by atoms with van der Waals surface area (Å²) in [5.74, 6) is 4.91. The Kier molecular flexibility index (Phi) is 17.6. The molecule has 0 bridgehead atoms. The number of para-hydroxylation sites is 6. The Bertz CT molecular complexity index is 3690. The van der Waals surface area contributed by atoms with Crippen molar-refractivity contribution in [1.29, 1.82) is 0 Å². The Morgan fingerprint density at radius 2 is 0.896 bits per heavy atom. The highest BCUT2D eigenvalue weighted by Gasteiger charge is 2.25. The first-order chi connectivity index (χ1) is 37.7. The lowest BCUT2D eigenvalue weighted by Crippen LogP contribution is -2.15. The maximum atomic E-state index is 8.73. The number of fused-ring (bicyclic) bond motifs is 6. The van der Waals surface area contributed by atoms with Crippen LogP contribution in [0.4, 0.5) is 22.7 Å². The van der Waals surface area contributed by atoms with Gasteiger partial charge in [-0.25, -0.2) is 9.97 Å². The number of hydrogen-bond donors (Lipinski definition) is 2. The van der Waals surface area contributed by atoms with Crippen LogP contribution in [0, 0.1) is 7.14 Å². The summed E-state index contributed by atoms with van der Waals surface area (Å²) < 4.78 is 25.8. The van der Waals surface area contributed by atoms with E-state index in [0.717, 1.165) is 74.2 Å². The molecule has 378 valence electrons. The topological polar surface area (TPSA) is 193 Å². The summed E-state index contributed by atoms with van der Waals surface area (Å²) in [6.07, 6.45) is 10.8. The van der Waals surface area contributed by atoms with Gasteiger partial charge in [-0.1, -0.05) is 78.9 Å². The van der Waals surface area contributed by atoms with Crippen molar-refractivity contribution in [2.24, 2.45) is 0 Å². The van der Waals surface area contributed by atoms with Crippen LogP contribution in [-0.2, 0) is 16.0 Å². The minimum absolute atomic E-state index is 0.0347. The zero-order chi connectivity index (χ0) is 53.3. The van der Waals surface area contributed by atoms with E-state index in [0.29, 0.717) is 23.1 Å². The van der Waals surface area contributed by atoms with E-state index in [1.54, 1.807) is 24.8 Å². The zero-order valence-corrected chi connectivity index (χ0v) is 44.9. The highest BCUT2D eigenvalue weighted by atomic mass is 127. The van der Waals surface area contributed by atoms with Crippen molar-refractivity contribution in [3.05, 3.63) is 250 Å². The lowest BCUT2D eigenvalue weighted by molar-refractivity contribution is -0.191. The molecule has 7 aromatic carbocycles. The first-order valence-electron chi connectivity index (χ1n) is 23.6. The van der Waals surface area contributed by atoms with Crippen molar-refractivity contribution in [1.82, 2.24) is 24.9 Å². The standard InChI is InChI=1S/C24H15N3O2.C13H10O.C12H7IN2O.C6H5I.C5H6N2O.CO2/c1-3-7-21-19(5-1)27(20-6-2-4-8-22(20)28-21)17-11-9-16(10-12-17)24-26-18-13-14-25-15-23(18)29-24;1-3-7-12-10(5-1)9-11-6-2-4-8-13(11)14-12;13-9-3-1-8(2-4-9)12-15-10-5-6-14-7-11(10)16-12;7-6-4-2-1-3-5-6;6-4-1-2-7-3-5(4)8;2-1-3/h1-15H;1-8H,9H2;1-7H;1-5H;1-3,8H,(H2,6,7);. The van der Waals surface area contributed by atoms with Gasteiger partial charge in [0.05, 0.1) is 35.7 Å². The summed E-state index contributed by atoms with van der Waals surface area (Å²) in [6, 6.07) is 64.2. The number of anilines is 4. The molecule has 2 aliphatic heterocycles. The van der Waals surface area contributed by atoms with E-state index in [1.165, 1.54) is 36.7 Å². The maximum absolute atomic E-state index is 8.73. The summed E-state index contributed by atoms with van der Waals surface area (Å²) >= 11 is 4.55. The van der Waals surface area contributed by atoms with E-state index in [1.807, 2.05) is 127 Å². The van der Waals surface area contributed by atoms with Crippen molar-refractivity contribution in [3.63, 3.8) is 0 Å². The summed E-state index contributed by atoms with van der Waals surface area (Å²) in [4.78, 5) is 39.1. The molecule has 0 aliphatic carbocycles. The molecule has 0 saturated heterocycles. The number of pyridine rings is 3.